The van der Waals surface area contributed by atoms with Gasteiger partial charge in [0.25, 0.3) is 5.91 Å². The number of carbonyl (C=O) groups is 1. The van der Waals surface area contributed by atoms with E-state index in [4.69, 9.17) is 4.74 Å². The Morgan fingerprint density at radius 3 is 2.62 bits per heavy atom. The van der Waals surface area contributed by atoms with Gasteiger partial charge in [-0.15, -0.1) is 0 Å². The van der Waals surface area contributed by atoms with Gasteiger partial charge in [0, 0.05) is 36.3 Å². The standard InChI is InChI=1S/C25H23F3N4O2/c1-15-3-7-19(23-29-9-2-10-30-23)20(11-15)24(33)32-18(6-4-16-12-21(16)32)14-34-22-8-5-17(13-31-22)25(26,27)28/h2-3,5,7-11,13,16,18,21H,4,6,12,14H2,1H3/t16?,18-,21?/m0/s1. The minimum Gasteiger partial charge on any atom is -0.475 e. The number of benzene rings is 1. The number of aryl methyl sites for hydroxylation is 1. The van der Waals surface area contributed by atoms with Gasteiger partial charge in [-0.1, -0.05) is 17.7 Å². The molecule has 5 rings (SSSR count). The van der Waals surface area contributed by atoms with Crippen LogP contribution in [0.3, 0.4) is 0 Å². The van der Waals surface area contributed by atoms with Crippen LogP contribution >= 0.6 is 0 Å². The van der Waals surface area contributed by atoms with E-state index in [0.29, 0.717) is 22.9 Å². The summed E-state index contributed by atoms with van der Waals surface area (Å²) < 4.78 is 44.1. The van der Waals surface area contributed by atoms with Crippen LogP contribution < -0.4 is 4.74 Å². The van der Waals surface area contributed by atoms with Gasteiger partial charge in [-0.2, -0.15) is 13.2 Å². The number of ether oxygens (including phenoxy) is 1. The Morgan fingerprint density at radius 1 is 1.12 bits per heavy atom. The summed E-state index contributed by atoms with van der Waals surface area (Å²) in [5, 5.41) is 0. The SMILES string of the molecule is Cc1ccc(-c2ncccn2)c(C(=O)N2C3CC3CC[C@H]2COc2ccc(C(F)(F)F)cn2)c1. The summed E-state index contributed by atoms with van der Waals surface area (Å²) in [4.78, 5) is 28.2. The van der Waals surface area contributed by atoms with Crippen LogP contribution in [0.25, 0.3) is 11.4 Å². The van der Waals surface area contributed by atoms with E-state index in [1.165, 1.54) is 6.07 Å². The molecule has 1 aliphatic carbocycles. The quantitative estimate of drug-likeness (QED) is 0.531. The third-order valence-electron chi connectivity index (χ3n) is 6.44. The van der Waals surface area contributed by atoms with Gasteiger partial charge < -0.3 is 9.64 Å². The summed E-state index contributed by atoms with van der Waals surface area (Å²) in [6, 6.07) is 9.46. The summed E-state index contributed by atoms with van der Waals surface area (Å²) in [6.45, 7) is 2.09. The number of hydrogen-bond acceptors (Lipinski definition) is 5. The summed E-state index contributed by atoms with van der Waals surface area (Å²) in [6.07, 6.45) is 2.29. The van der Waals surface area contributed by atoms with E-state index >= 15 is 0 Å². The molecule has 2 aliphatic rings. The number of halogens is 3. The molecule has 34 heavy (non-hydrogen) atoms. The summed E-state index contributed by atoms with van der Waals surface area (Å²) in [5.41, 5.74) is 1.33. The van der Waals surface area contributed by atoms with E-state index in [0.717, 1.165) is 37.1 Å². The molecule has 3 aromatic rings. The number of fused-ring (bicyclic) bond motifs is 1. The summed E-state index contributed by atoms with van der Waals surface area (Å²) in [5.74, 6) is 0.960. The van der Waals surface area contributed by atoms with E-state index in [2.05, 4.69) is 15.0 Å². The highest BCUT2D eigenvalue weighted by atomic mass is 19.4. The van der Waals surface area contributed by atoms with Crippen molar-refractivity contribution < 1.29 is 22.7 Å². The number of amides is 1. The number of alkyl halides is 3. The first-order valence-electron chi connectivity index (χ1n) is 11.2. The molecule has 1 saturated heterocycles. The van der Waals surface area contributed by atoms with Gasteiger partial charge >= 0.3 is 6.18 Å². The number of pyridine rings is 1. The van der Waals surface area contributed by atoms with Gasteiger partial charge in [0.05, 0.1) is 17.2 Å². The Labute approximate surface area is 194 Å². The van der Waals surface area contributed by atoms with Crippen molar-refractivity contribution in [3.63, 3.8) is 0 Å². The third kappa shape index (κ3) is 4.47. The molecule has 1 amide bonds. The molecule has 0 spiro atoms. The van der Waals surface area contributed by atoms with Crippen molar-refractivity contribution in [2.45, 2.75) is 44.4 Å². The van der Waals surface area contributed by atoms with Crippen molar-refractivity contribution in [3.8, 4) is 17.3 Å². The lowest BCUT2D eigenvalue weighted by atomic mass is 9.98. The lowest BCUT2D eigenvalue weighted by Gasteiger charge is -2.36. The number of piperidine rings is 1. The van der Waals surface area contributed by atoms with Crippen LogP contribution in [0, 0.1) is 12.8 Å². The normalized spacial score (nSPS) is 21.6. The molecule has 1 aromatic carbocycles. The van der Waals surface area contributed by atoms with Crippen LogP contribution in [0.1, 0.15) is 40.7 Å². The molecule has 2 fully saturated rings. The number of aromatic nitrogens is 3. The average molecular weight is 468 g/mol. The maximum absolute atomic E-state index is 13.8. The second-order valence-electron chi connectivity index (χ2n) is 8.82. The van der Waals surface area contributed by atoms with Crippen LogP contribution in [0.2, 0.25) is 0 Å². The Hall–Kier alpha value is -3.49. The molecule has 0 radical (unpaired) electrons. The molecule has 3 heterocycles. The summed E-state index contributed by atoms with van der Waals surface area (Å²) in [7, 11) is 0. The fraction of sp³-hybridized carbons (Fsp3) is 0.360. The second kappa shape index (κ2) is 8.70. The van der Waals surface area contributed by atoms with Gasteiger partial charge in [0.2, 0.25) is 5.88 Å². The first-order chi connectivity index (χ1) is 16.3. The van der Waals surface area contributed by atoms with Gasteiger partial charge in [-0.25, -0.2) is 15.0 Å². The van der Waals surface area contributed by atoms with Gasteiger partial charge in [0.1, 0.15) is 6.61 Å². The Bertz CT molecular complexity index is 1190. The van der Waals surface area contributed by atoms with Crippen LogP contribution in [0.4, 0.5) is 13.2 Å². The predicted octanol–water partition coefficient (Wildman–Crippen LogP) is 4.94. The third-order valence-corrected chi connectivity index (χ3v) is 6.44. The minimum atomic E-state index is -4.45. The zero-order valence-electron chi connectivity index (χ0n) is 18.5. The molecule has 1 aliphatic heterocycles. The first-order valence-corrected chi connectivity index (χ1v) is 11.2. The number of carbonyl (C=O) groups excluding carboxylic acids is 1. The Morgan fingerprint density at radius 2 is 1.91 bits per heavy atom. The zero-order valence-corrected chi connectivity index (χ0v) is 18.5. The van der Waals surface area contributed by atoms with Crippen LogP contribution in [-0.4, -0.2) is 44.4 Å². The highest BCUT2D eigenvalue weighted by Gasteiger charge is 2.50. The molecule has 2 unspecified atom stereocenters. The van der Waals surface area contributed by atoms with Crippen molar-refractivity contribution in [1.29, 1.82) is 0 Å². The Kier molecular flexibility index (Phi) is 5.71. The Balaban J connectivity index is 1.38. The number of hydrogen-bond donors (Lipinski definition) is 0. The van der Waals surface area contributed by atoms with Crippen molar-refractivity contribution in [1.82, 2.24) is 19.9 Å². The first kappa shape index (κ1) is 22.3. The molecule has 3 atom stereocenters. The largest absolute Gasteiger partial charge is 0.475 e. The molecule has 0 N–H and O–H groups in total. The average Bonchev–Trinajstić information content (AvgIpc) is 3.62. The second-order valence-corrected chi connectivity index (χ2v) is 8.82. The zero-order chi connectivity index (χ0) is 23.9. The molecule has 1 saturated carbocycles. The number of likely N-dealkylation sites (tertiary alicyclic amines) is 1. The fourth-order valence-corrected chi connectivity index (χ4v) is 4.60. The van der Waals surface area contributed by atoms with Gasteiger partial charge in [-0.05, 0) is 50.3 Å². The maximum Gasteiger partial charge on any atom is 0.417 e. The maximum atomic E-state index is 13.8. The molecule has 6 nitrogen and oxygen atoms in total. The van der Waals surface area contributed by atoms with Crippen molar-refractivity contribution in [2.75, 3.05) is 6.61 Å². The highest BCUT2D eigenvalue weighted by molar-refractivity contribution is 6.01. The van der Waals surface area contributed by atoms with E-state index in [-0.39, 0.29) is 30.5 Å². The van der Waals surface area contributed by atoms with E-state index in [9.17, 15) is 18.0 Å². The number of nitrogens with zero attached hydrogens (tertiary/aromatic N) is 4. The van der Waals surface area contributed by atoms with Crippen LogP contribution in [0.15, 0.2) is 55.0 Å². The molecular weight excluding hydrogens is 445 g/mol. The fourth-order valence-electron chi connectivity index (χ4n) is 4.60. The molecule has 176 valence electrons. The van der Waals surface area contributed by atoms with Crippen LogP contribution in [0.5, 0.6) is 5.88 Å². The molecule has 9 heteroatoms. The minimum absolute atomic E-state index is 0.104. The molecule has 2 aromatic heterocycles. The van der Waals surface area contributed by atoms with Crippen LogP contribution in [-0.2, 0) is 6.18 Å². The van der Waals surface area contributed by atoms with Gasteiger partial charge in [0.15, 0.2) is 5.82 Å². The van der Waals surface area contributed by atoms with Gasteiger partial charge in [-0.3, -0.25) is 4.79 Å². The van der Waals surface area contributed by atoms with Crippen molar-refractivity contribution in [3.05, 3.63) is 71.7 Å². The van der Waals surface area contributed by atoms with E-state index < -0.39 is 11.7 Å². The van der Waals surface area contributed by atoms with Crippen molar-refractivity contribution in [2.24, 2.45) is 5.92 Å². The summed E-state index contributed by atoms with van der Waals surface area (Å²) >= 11 is 0. The monoisotopic (exact) mass is 468 g/mol. The van der Waals surface area contributed by atoms with Crippen molar-refractivity contribution >= 4 is 5.91 Å². The van der Waals surface area contributed by atoms with E-state index in [1.807, 2.05) is 30.0 Å². The smallest absolute Gasteiger partial charge is 0.417 e. The molecular formula is C25H23F3N4O2. The highest BCUT2D eigenvalue weighted by Crippen LogP contribution is 2.46. The number of rotatable bonds is 5. The molecule has 0 bridgehead atoms. The lowest BCUT2D eigenvalue weighted by Crippen LogP contribution is -2.48. The predicted molar refractivity (Wildman–Crippen MR) is 118 cm³/mol. The lowest BCUT2D eigenvalue weighted by molar-refractivity contribution is -0.137. The van der Waals surface area contributed by atoms with E-state index in [1.54, 1.807) is 18.5 Å². The topological polar surface area (TPSA) is 68.2 Å².